The van der Waals surface area contributed by atoms with Crippen LogP contribution >= 0.6 is 0 Å². The second-order valence-electron chi connectivity index (χ2n) is 3.86. The Bertz CT molecular complexity index is 425. The van der Waals surface area contributed by atoms with Gasteiger partial charge in [0.2, 0.25) is 0 Å². The lowest BCUT2D eigenvalue weighted by Gasteiger charge is -2.11. The molecular formula is C13H12O2. The first-order valence-electron chi connectivity index (χ1n) is 5.00. The van der Waals surface area contributed by atoms with Gasteiger partial charge in [-0.25, -0.2) is 0 Å². The van der Waals surface area contributed by atoms with Gasteiger partial charge in [-0.05, 0) is 18.6 Å². The molecule has 1 N–H and O–H groups in total. The number of hydrogen-bond acceptors (Lipinski definition) is 2. The predicted octanol–water partition coefficient (Wildman–Crippen LogP) is 1.52. The Balaban J connectivity index is 2.15. The van der Waals surface area contributed by atoms with E-state index in [0.717, 1.165) is 5.56 Å². The lowest BCUT2D eigenvalue weighted by molar-refractivity contribution is -0.118. The molecule has 2 heteroatoms. The second-order valence-corrected chi connectivity index (χ2v) is 3.86. The minimum atomic E-state index is -1.09. The van der Waals surface area contributed by atoms with Gasteiger partial charge in [0.05, 0.1) is 0 Å². The SMILES string of the molecule is O=C1CC[C@@](O)(C#Cc2ccccc2)C1. The molecule has 0 radical (unpaired) electrons. The molecule has 1 aliphatic rings. The van der Waals surface area contributed by atoms with Crippen molar-refractivity contribution in [2.75, 3.05) is 0 Å². The minimum Gasteiger partial charge on any atom is -0.377 e. The number of rotatable bonds is 0. The number of aliphatic hydroxyl groups is 1. The largest absolute Gasteiger partial charge is 0.377 e. The van der Waals surface area contributed by atoms with Gasteiger partial charge in [-0.3, -0.25) is 4.79 Å². The molecule has 1 fully saturated rings. The Morgan fingerprint density at radius 2 is 2.00 bits per heavy atom. The van der Waals surface area contributed by atoms with Crippen LogP contribution in [0.2, 0.25) is 0 Å². The molecule has 1 saturated carbocycles. The van der Waals surface area contributed by atoms with Gasteiger partial charge in [0.25, 0.3) is 0 Å². The standard InChI is InChI=1S/C13H12O2/c14-12-7-9-13(15,10-12)8-6-11-4-2-1-3-5-11/h1-5,15H,7,9-10H2/t13-/m0/s1. The van der Waals surface area contributed by atoms with Gasteiger partial charge < -0.3 is 5.11 Å². The maximum Gasteiger partial charge on any atom is 0.136 e. The van der Waals surface area contributed by atoms with E-state index in [1.807, 2.05) is 30.3 Å². The Labute approximate surface area is 88.9 Å². The lowest BCUT2D eigenvalue weighted by atomic mass is 10.0. The highest BCUT2D eigenvalue weighted by atomic mass is 16.3. The zero-order valence-corrected chi connectivity index (χ0v) is 8.36. The molecule has 1 atom stereocenters. The normalized spacial score (nSPS) is 24.7. The van der Waals surface area contributed by atoms with Crippen LogP contribution in [0.3, 0.4) is 0 Å². The average molecular weight is 200 g/mol. The highest BCUT2D eigenvalue weighted by molar-refractivity contribution is 5.82. The van der Waals surface area contributed by atoms with Gasteiger partial charge in [-0.2, -0.15) is 0 Å². The van der Waals surface area contributed by atoms with E-state index in [1.54, 1.807) is 0 Å². The molecule has 76 valence electrons. The molecule has 0 bridgehead atoms. The highest BCUT2D eigenvalue weighted by Crippen LogP contribution is 2.25. The maximum atomic E-state index is 11.0. The van der Waals surface area contributed by atoms with E-state index in [4.69, 9.17) is 0 Å². The van der Waals surface area contributed by atoms with Gasteiger partial charge in [-0.1, -0.05) is 30.0 Å². The van der Waals surface area contributed by atoms with Crippen LogP contribution < -0.4 is 0 Å². The quantitative estimate of drug-likeness (QED) is 0.645. The molecule has 15 heavy (non-hydrogen) atoms. The van der Waals surface area contributed by atoms with Gasteiger partial charge in [0.1, 0.15) is 11.4 Å². The molecule has 1 aromatic carbocycles. The Morgan fingerprint density at radius 1 is 1.27 bits per heavy atom. The third-order valence-electron chi connectivity index (χ3n) is 2.52. The Morgan fingerprint density at radius 3 is 2.60 bits per heavy atom. The maximum absolute atomic E-state index is 11.0. The van der Waals surface area contributed by atoms with Gasteiger partial charge in [0, 0.05) is 18.4 Å². The summed E-state index contributed by atoms with van der Waals surface area (Å²) in [5, 5.41) is 9.93. The van der Waals surface area contributed by atoms with Crippen molar-refractivity contribution in [2.45, 2.75) is 24.9 Å². The summed E-state index contributed by atoms with van der Waals surface area (Å²) in [6.07, 6.45) is 1.08. The van der Waals surface area contributed by atoms with Crippen molar-refractivity contribution in [1.29, 1.82) is 0 Å². The fraction of sp³-hybridized carbons (Fsp3) is 0.308. The molecule has 1 aromatic rings. The summed E-state index contributed by atoms with van der Waals surface area (Å²) in [5.74, 6) is 5.78. The summed E-state index contributed by atoms with van der Waals surface area (Å²) in [6, 6.07) is 9.47. The summed E-state index contributed by atoms with van der Waals surface area (Å²) in [4.78, 5) is 11.0. The van der Waals surface area contributed by atoms with Crippen LogP contribution in [0.15, 0.2) is 30.3 Å². The molecule has 0 saturated heterocycles. The third-order valence-corrected chi connectivity index (χ3v) is 2.52. The van der Waals surface area contributed by atoms with Crippen molar-refractivity contribution in [3.8, 4) is 11.8 Å². The van der Waals surface area contributed by atoms with Crippen LogP contribution in [0.5, 0.6) is 0 Å². The van der Waals surface area contributed by atoms with Crippen LogP contribution in [0.4, 0.5) is 0 Å². The molecule has 0 aliphatic heterocycles. The fourth-order valence-electron chi connectivity index (χ4n) is 1.67. The van der Waals surface area contributed by atoms with Crippen LogP contribution in [0, 0.1) is 11.8 Å². The van der Waals surface area contributed by atoms with Crippen LogP contribution in [0.25, 0.3) is 0 Å². The summed E-state index contributed by atoms with van der Waals surface area (Å²) < 4.78 is 0. The molecule has 1 aliphatic carbocycles. The minimum absolute atomic E-state index is 0.0971. The van der Waals surface area contributed by atoms with E-state index < -0.39 is 5.60 Å². The molecule has 0 aromatic heterocycles. The van der Waals surface area contributed by atoms with Crippen LogP contribution in [-0.4, -0.2) is 16.5 Å². The number of carbonyl (C=O) groups excluding carboxylic acids is 1. The van der Waals surface area contributed by atoms with Crippen molar-refractivity contribution in [1.82, 2.24) is 0 Å². The first-order valence-corrected chi connectivity index (χ1v) is 5.00. The Kier molecular flexibility index (Phi) is 2.57. The molecule has 0 spiro atoms. The van der Waals surface area contributed by atoms with E-state index in [-0.39, 0.29) is 12.2 Å². The predicted molar refractivity (Wildman–Crippen MR) is 57.1 cm³/mol. The Hall–Kier alpha value is -1.59. The molecule has 0 heterocycles. The van der Waals surface area contributed by atoms with E-state index in [1.165, 1.54) is 0 Å². The summed E-state index contributed by atoms with van der Waals surface area (Å²) in [5.41, 5.74) is -0.224. The number of carbonyl (C=O) groups is 1. The number of Topliss-reactive ketones (excluding diaryl/α,β-unsaturated/α-hetero) is 1. The topological polar surface area (TPSA) is 37.3 Å². The summed E-state index contributed by atoms with van der Waals surface area (Å²) in [7, 11) is 0. The zero-order chi connectivity index (χ0) is 10.7. The van der Waals surface area contributed by atoms with E-state index in [2.05, 4.69) is 11.8 Å². The van der Waals surface area contributed by atoms with Crippen molar-refractivity contribution >= 4 is 5.78 Å². The average Bonchev–Trinajstić information content (AvgIpc) is 2.58. The van der Waals surface area contributed by atoms with Crippen molar-refractivity contribution < 1.29 is 9.90 Å². The molecular weight excluding hydrogens is 188 g/mol. The fourth-order valence-corrected chi connectivity index (χ4v) is 1.67. The number of ketones is 1. The van der Waals surface area contributed by atoms with Crippen LogP contribution in [0.1, 0.15) is 24.8 Å². The van der Waals surface area contributed by atoms with Crippen molar-refractivity contribution in [3.05, 3.63) is 35.9 Å². The summed E-state index contributed by atoms with van der Waals surface area (Å²) >= 11 is 0. The number of benzene rings is 1. The van der Waals surface area contributed by atoms with E-state index in [9.17, 15) is 9.90 Å². The second kappa shape index (κ2) is 3.88. The monoisotopic (exact) mass is 200 g/mol. The van der Waals surface area contributed by atoms with Crippen LogP contribution in [-0.2, 0) is 4.79 Å². The van der Waals surface area contributed by atoms with Gasteiger partial charge in [0.15, 0.2) is 0 Å². The van der Waals surface area contributed by atoms with Crippen molar-refractivity contribution in [2.24, 2.45) is 0 Å². The molecule has 0 amide bonds. The van der Waals surface area contributed by atoms with E-state index in [0.29, 0.717) is 12.8 Å². The summed E-state index contributed by atoms with van der Waals surface area (Å²) in [6.45, 7) is 0. The molecule has 0 unspecified atom stereocenters. The highest BCUT2D eigenvalue weighted by Gasteiger charge is 2.34. The molecule has 2 rings (SSSR count). The number of hydrogen-bond donors (Lipinski definition) is 1. The zero-order valence-electron chi connectivity index (χ0n) is 8.36. The first kappa shape index (κ1) is 9.95. The van der Waals surface area contributed by atoms with E-state index >= 15 is 0 Å². The van der Waals surface area contributed by atoms with Gasteiger partial charge >= 0.3 is 0 Å². The molecule has 2 nitrogen and oxygen atoms in total. The first-order chi connectivity index (χ1) is 7.18. The van der Waals surface area contributed by atoms with Crippen molar-refractivity contribution in [3.63, 3.8) is 0 Å². The lowest BCUT2D eigenvalue weighted by Crippen LogP contribution is -2.22. The third kappa shape index (κ3) is 2.45. The van der Waals surface area contributed by atoms with Gasteiger partial charge in [-0.15, -0.1) is 0 Å². The smallest absolute Gasteiger partial charge is 0.136 e.